The molecule has 2 aromatic rings. The van der Waals surface area contributed by atoms with Gasteiger partial charge in [0.15, 0.2) is 0 Å². The molecule has 2 aliphatic rings. The number of amides is 1. The molecule has 0 unspecified atom stereocenters. The Morgan fingerprint density at radius 1 is 1.30 bits per heavy atom. The molecule has 2 aliphatic carbocycles. The van der Waals surface area contributed by atoms with Crippen LogP contribution in [0.1, 0.15) is 79.7 Å². The first kappa shape index (κ1) is 18.5. The Morgan fingerprint density at radius 2 is 2.04 bits per heavy atom. The number of aryl methyl sites for hydroxylation is 1. The number of carbonyl (C=O) groups excluding carboxylic acids is 1. The quantitative estimate of drug-likeness (QED) is 0.817. The minimum absolute atomic E-state index is 0.0697. The summed E-state index contributed by atoms with van der Waals surface area (Å²) in [5.41, 5.74) is 0.251. The molecule has 146 valence electrons. The highest BCUT2D eigenvalue weighted by Crippen LogP contribution is 2.39. The van der Waals surface area contributed by atoms with E-state index in [2.05, 4.69) is 10.00 Å². The van der Waals surface area contributed by atoms with E-state index in [1.54, 1.807) is 6.92 Å². The molecule has 2 N–H and O–H groups in total. The maximum absolute atomic E-state index is 12.8. The second kappa shape index (κ2) is 6.93. The van der Waals surface area contributed by atoms with Gasteiger partial charge in [-0.05, 0) is 52.0 Å². The van der Waals surface area contributed by atoms with E-state index in [1.165, 1.54) is 30.6 Å². The molecule has 7 heteroatoms. The van der Waals surface area contributed by atoms with Gasteiger partial charge in [-0.15, -0.1) is 11.3 Å². The predicted octanol–water partition coefficient (Wildman–Crippen LogP) is 4.28. The first-order valence-corrected chi connectivity index (χ1v) is 10.7. The summed E-state index contributed by atoms with van der Waals surface area (Å²) in [4.78, 5) is 26.0. The summed E-state index contributed by atoms with van der Waals surface area (Å²) >= 11 is 1.51. The van der Waals surface area contributed by atoms with Crippen LogP contribution in [0.4, 0.5) is 0 Å². The first-order chi connectivity index (χ1) is 12.9. The smallest absolute Gasteiger partial charge is 0.309 e. The molecule has 6 nitrogen and oxygen atoms in total. The fourth-order valence-corrected chi connectivity index (χ4v) is 5.71. The monoisotopic (exact) mass is 389 g/mol. The zero-order valence-corrected chi connectivity index (χ0v) is 16.8. The van der Waals surface area contributed by atoms with Crippen molar-refractivity contribution in [2.24, 2.45) is 5.41 Å². The molecule has 0 bridgehead atoms. The molecule has 0 spiro atoms. The normalized spacial score (nSPS) is 26.5. The van der Waals surface area contributed by atoms with Crippen molar-refractivity contribution < 1.29 is 14.7 Å². The Labute approximate surface area is 162 Å². The van der Waals surface area contributed by atoms with Crippen LogP contribution in [0.5, 0.6) is 0 Å². The van der Waals surface area contributed by atoms with Crippen LogP contribution in [0.25, 0.3) is 10.2 Å². The van der Waals surface area contributed by atoms with E-state index < -0.39 is 11.4 Å². The van der Waals surface area contributed by atoms with Crippen molar-refractivity contribution in [3.8, 4) is 0 Å². The van der Waals surface area contributed by atoms with Crippen LogP contribution in [0.2, 0.25) is 0 Å². The second-order valence-corrected chi connectivity index (χ2v) is 9.46. The highest BCUT2D eigenvalue weighted by molar-refractivity contribution is 7.20. The van der Waals surface area contributed by atoms with Gasteiger partial charge in [-0.1, -0.05) is 19.3 Å². The van der Waals surface area contributed by atoms with Gasteiger partial charge in [0.1, 0.15) is 4.83 Å². The van der Waals surface area contributed by atoms with Crippen molar-refractivity contribution in [1.29, 1.82) is 0 Å². The van der Waals surface area contributed by atoms with Gasteiger partial charge in [-0.3, -0.25) is 14.3 Å². The fourth-order valence-electron chi connectivity index (χ4n) is 4.57. The SMILES string of the molecule is Cc1nn(C2CCCCC2)c2sc(C(=O)N[C@H]3CC[C@](C)(C(=O)O)C3)cc12. The molecule has 0 radical (unpaired) electrons. The Balaban J connectivity index is 1.52. The van der Waals surface area contributed by atoms with E-state index in [0.717, 1.165) is 28.8 Å². The molecule has 2 heterocycles. The van der Waals surface area contributed by atoms with Crippen molar-refractivity contribution in [2.45, 2.75) is 77.3 Å². The Bertz CT molecular complexity index is 881. The van der Waals surface area contributed by atoms with Gasteiger partial charge in [-0.25, -0.2) is 0 Å². The molecule has 0 aliphatic heterocycles. The van der Waals surface area contributed by atoms with Gasteiger partial charge in [0.05, 0.1) is 22.0 Å². The van der Waals surface area contributed by atoms with E-state index in [-0.39, 0.29) is 11.9 Å². The number of nitrogens with one attached hydrogen (secondary N) is 1. The van der Waals surface area contributed by atoms with Gasteiger partial charge in [-0.2, -0.15) is 5.10 Å². The van der Waals surface area contributed by atoms with Crippen LogP contribution in [0.15, 0.2) is 6.07 Å². The number of hydrogen-bond donors (Lipinski definition) is 2. The van der Waals surface area contributed by atoms with Crippen molar-refractivity contribution in [3.05, 3.63) is 16.6 Å². The Kier molecular flexibility index (Phi) is 4.74. The molecular weight excluding hydrogens is 362 g/mol. The Hall–Kier alpha value is -1.89. The van der Waals surface area contributed by atoms with Gasteiger partial charge in [0.25, 0.3) is 5.91 Å². The standard InChI is InChI=1S/C20H27N3O3S/c1-12-15-10-16(17(24)21-13-8-9-20(2,11-13)19(25)26)27-18(15)23(22-12)14-6-4-3-5-7-14/h10,13-14H,3-9,11H2,1-2H3,(H,21,24)(H,25,26)/t13-,20-/m0/s1. The molecule has 0 saturated heterocycles. The largest absolute Gasteiger partial charge is 0.481 e. The molecule has 2 fully saturated rings. The second-order valence-electron chi connectivity index (χ2n) is 8.43. The molecule has 27 heavy (non-hydrogen) atoms. The van der Waals surface area contributed by atoms with Crippen molar-refractivity contribution in [3.63, 3.8) is 0 Å². The number of carbonyl (C=O) groups is 2. The summed E-state index contributed by atoms with van der Waals surface area (Å²) in [5.74, 6) is -0.866. The third-order valence-corrected chi connectivity index (χ3v) is 7.43. The number of carboxylic acids is 1. The van der Waals surface area contributed by atoms with Gasteiger partial charge in [0.2, 0.25) is 0 Å². The highest BCUT2D eigenvalue weighted by atomic mass is 32.1. The third kappa shape index (κ3) is 3.37. The lowest BCUT2D eigenvalue weighted by Crippen LogP contribution is -2.34. The first-order valence-electron chi connectivity index (χ1n) is 9.90. The average Bonchev–Trinajstić information content (AvgIpc) is 3.32. The summed E-state index contributed by atoms with van der Waals surface area (Å²) in [6.07, 6.45) is 7.92. The van der Waals surface area contributed by atoms with Crippen LogP contribution in [-0.4, -0.2) is 32.8 Å². The molecule has 1 amide bonds. The summed E-state index contributed by atoms with van der Waals surface area (Å²) in [7, 11) is 0. The van der Waals surface area contributed by atoms with E-state index >= 15 is 0 Å². The van der Waals surface area contributed by atoms with Crippen LogP contribution in [-0.2, 0) is 4.79 Å². The van der Waals surface area contributed by atoms with E-state index in [0.29, 0.717) is 30.2 Å². The molecule has 2 atom stereocenters. The lowest BCUT2D eigenvalue weighted by atomic mass is 9.89. The molecule has 4 rings (SSSR count). The zero-order chi connectivity index (χ0) is 19.2. The van der Waals surface area contributed by atoms with E-state index in [4.69, 9.17) is 5.10 Å². The lowest BCUT2D eigenvalue weighted by molar-refractivity contribution is -0.147. The van der Waals surface area contributed by atoms with Crippen molar-refractivity contribution in [1.82, 2.24) is 15.1 Å². The topological polar surface area (TPSA) is 84.2 Å². The predicted molar refractivity (Wildman–Crippen MR) is 105 cm³/mol. The molecular formula is C20H27N3O3S. The minimum atomic E-state index is -0.774. The van der Waals surface area contributed by atoms with Gasteiger partial charge in [0, 0.05) is 11.4 Å². The van der Waals surface area contributed by atoms with Crippen molar-refractivity contribution in [2.75, 3.05) is 0 Å². The lowest BCUT2D eigenvalue weighted by Gasteiger charge is -2.22. The number of aromatic nitrogens is 2. The molecule has 2 aromatic heterocycles. The number of fused-ring (bicyclic) bond motifs is 1. The average molecular weight is 390 g/mol. The number of nitrogens with zero attached hydrogens (tertiary/aromatic N) is 2. The van der Waals surface area contributed by atoms with E-state index in [1.807, 2.05) is 13.0 Å². The Morgan fingerprint density at radius 3 is 2.70 bits per heavy atom. The third-order valence-electron chi connectivity index (χ3n) is 6.31. The van der Waals surface area contributed by atoms with Crippen molar-refractivity contribution >= 4 is 33.4 Å². The maximum atomic E-state index is 12.8. The number of aliphatic carboxylic acids is 1. The van der Waals surface area contributed by atoms with Gasteiger partial charge < -0.3 is 10.4 Å². The van der Waals surface area contributed by atoms with Crippen LogP contribution in [0.3, 0.4) is 0 Å². The summed E-state index contributed by atoms with van der Waals surface area (Å²) in [5, 5.41) is 18.2. The molecule has 0 aromatic carbocycles. The summed E-state index contributed by atoms with van der Waals surface area (Å²) < 4.78 is 2.14. The van der Waals surface area contributed by atoms with E-state index in [9.17, 15) is 14.7 Å². The number of thiophene rings is 1. The zero-order valence-electron chi connectivity index (χ0n) is 16.0. The minimum Gasteiger partial charge on any atom is -0.481 e. The number of hydrogen-bond acceptors (Lipinski definition) is 4. The summed E-state index contributed by atoms with van der Waals surface area (Å²) in [6, 6.07) is 2.32. The maximum Gasteiger partial charge on any atom is 0.309 e. The summed E-state index contributed by atoms with van der Waals surface area (Å²) in [6.45, 7) is 3.77. The van der Waals surface area contributed by atoms with Crippen LogP contribution < -0.4 is 5.32 Å². The number of carboxylic acid groups (broad SMARTS) is 1. The van der Waals surface area contributed by atoms with Crippen LogP contribution >= 0.6 is 11.3 Å². The van der Waals surface area contributed by atoms with Gasteiger partial charge >= 0.3 is 5.97 Å². The molecule has 2 saturated carbocycles. The van der Waals surface area contributed by atoms with Crippen LogP contribution in [0, 0.1) is 12.3 Å². The number of rotatable bonds is 4. The highest BCUT2D eigenvalue weighted by Gasteiger charge is 2.42. The fraction of sp³-hybridized carbons (Fsp3) is 0.650.